The highest BCUT2D eigenvalue weighted by Crippen LogP contribution is 2.35. The molecule has 180 valence electrons. The van der Waals surface area contributed by atoms with E-state index in [-0.39, 0.29) is 22.3 Å². The molecule has 1 unspecified atom stereocenters. The monoisotopic (exact) mass is 480 g/mol. The molecule has 33 heavy (non-hydrogen) atoms. The van der Waals surface area contributed by atoms with Gasteiger partial charge in [-0.25, -0.2) is 17.9 Å². The van der Waals surface area contributed by atoms with Crippen LogP contribution in [0.25, 0.3) is 0 Å². The van der Waals surface area contributed by atoms with Gasteiger partial charge in [0.25, 0.3) is 5.91 Å². The van der Waals surface area contributed by atoms with Gasteiger partial charge in [0.2, 0.25) is 10.0 Å². The van der Waals surface area contributed by atoms with Crippen LogP contribution in [-0.2, 0) is 19.6 Å². The number of hydrogen-bond donors (Lipinski definition) is 2. The van der Waals surface area contributed by atoms with Gasteiger partial charge in [0.05, 0.1) is 26.2 Å². The van der Waals surface area contributed by atoms with Gasteiger partial charge in [0.1, 0.15) is 11.3 Å². The van der Waals surface area contributed by atoms with Crippen molar-refractivity contribution in [2.75, 3.05) is 26.6 Å². The van der Waals surface area contributed by atoms with E-state index in [1.54, 1.807) is 13.8 Å². The number of carbonyl (C=O) groups is 2. The quantitative estimate of drug-likeness (QED) is 0.497. The zero-order valence-electron chi connectivity index (χ0n) is 19.3. The summed E-state index contributed by atoms with van der Waals surface area (Å²) in [5.41, 5.74) is 0.400. The summed E-state index contributed by atoms with van der Waals surface area (Å²) in [5.74, 6) is -0.539. The second-order valence-electron chi connectivity index (χ2n) is 7.24. The molecule has 1 atom stereocenters. The van der Waals surface area contributed by atoms with E-state index in [1.165, 1.54) is 64.7 Å². The molecule has 0 aliphatic heterocycles. The first kappa shape index (κ1) is 25.9. The van der Waals surface area contributed by atoms with Crippen molar-refractivity contribution in [3.8, 4) is 17.2 Å². The molecule has 2 aromatic rings. The van der Waals surface area contributed by atoms with Gasteiger partial charge in [-0.3, -0.25) is 4.79 Å². The summed E-state index contributed by atoms with van der Waals surface area (Å²) in [5, 5.41) is 2.58. The fourth-order valence-corrected chi connectivity index (χ4v) is 4.06. The third-order valence-electron chi connectivity index (χ3n) is 4.40. The van der Waals surface area contributed by atoms with Crippen molar-refractivity contribution in [3.05, 3.63) is 42.0 Å². The number of anilines is 1. The number of ether oxygens (including phenoxy) is 4. The van der Waals surface area contributed by atoms with Crippen LogP contribution in [0.4, 0.5) is 5.69 Å². The lowest BCUT2D eigenvalue weighted by molar-refractivity contribution is -0.123. The minimum atomic E-state index is -3.65. The predicted molar refractivity (Wildman–Crippen MR) is 122 cm³/mol. The number of hydrogen-bond acceptors (Lipinski definition) is 8. The minimum absolute atomic E-state index is 0.0574. The molecule has 0 fully saturated rings. The van der Waals surface area contributed by atoms with Gasteiger partial charge in [-0.1, -0.05) is 0 Å². The minimum Gasteiger partial charge on any atom is -0.496 e. The highest BCUT2D eigenvalue weighted by Gasteiger charge is 2.24. The Morgan fingerprint density at radius 2 is 1.39 bits per heavy atom. The smallest absolute Gasteiger partial charge is 0.342 e. The summed E-state index contributed by atoms with van der Waals surface area (Å²) in [6.07, 6.45) is -1.15. The Labute approximate surface area is 193 Å². The summed E-state index contributed by atoms with van der Waals surface area (Å²) in [4.78, 5) is 25.2. The van der Waals surface area contributed by atoms with E-state index in [0.29, 0.717) is 17.2 Å². The molecule has 0 radical (unpaired) electrons. The topological polar surface area (TPSA) is 129 Å². The van der Waals surface area contributed by atoms with E-state index in [2.05, 4.69) is 10.0 Å². The summed E-state index contributed by atoms with van der Waals surface area (Å²) >= 11 is 0. The lowest BCUT2D eigenvalue weighted by Crippen LogP contribution is -2.31. The summed E-state index contributed by atoms with van der Waals surface area (Å²) in [7, 11) is 0.606. The lowest BCUT2D eigenvalue weighted by atomic mass is 10.1. The van der Waals surface area contributed by atoms with E-state index in [4.69, 9.17) is 18.9 Å². The molecule has 0 aliphatic carbocycles. The first-order valence-corrected chi connectivity index (χ1v) is 11.4. The van der Waals surface area contributed by atoms with Crippen molar-refractivity contribution < 1.29 is 37.0 Å². The SMILES string of the molecule is COc1cc(OC)c(C(=O)OC(C)C(=O)Nc2ccc(S(=O)(=O)NC(C)C)cc2)cc1OC. The molecule has 1 amide bonds. The van der Waals surface area contributed by atoms with Crippen molar-refractivity contribution in [2.45, 2.75) is 37.8 Å². The van der Waals surface area contributed by atoms with Gasteiger partial charge in [0, 0.05) is 23.9 Å². The third-order valence-corrected chi connectivity index (χ3v) is 6.08. The fraction of sp³-hybridized carbons (Fsp3) is 0.364. The Morgan fingerprint density at radius 1 is 0.848 bits per heavy atom. The zero-order valence-corrected chi connectivity index (χ0v) is 20.1. The standard InChI is InChI=1S/C22H28N2O8S/c1-13(2)24-33(27,28)16-9-7-15(8-10-16)23-21(25)14(3)32-22(26)17-11-19(30-5)20(31-6)12-18(17)29-4/h7-14,24H,1-6H3,(H,23,25). The van der Waals surface area contributed by atoms with E-state index in [9.17, 15) is 18.0 Å². The van der Waals surface area contributed by atoms with E-state index < -0.39 is 28.0 Å². The summed E-state index contributed by atoms with van der Waals surface area (Å²) in [6.45, 7) is 4.84. The number of esters is 1. The number of sulfonamides is 1. The molecule has 0 spiro atoms. The molecular formula is C22H28N2O8S. The maximum Gasteiger partial charge on any atom is 0.342 e. The molecule has 0 heterocycles. The van der Waals surface area contributed by atoms with E-state index in [0.717, 1.165) is 0 Å². The van der Waals surface area contributed by atoms with Crippen LogP contribution in [0.5, 0.6) is 17.2 Å². The van der Waals surface area contributed by atoms with E-state index >= 15 is 0 Å². The molecule has 0 aliphatic rings. The van der Waals surface area contributed by atoms with Crippen LogP contribution >= 0.6 is 0 Å². The summed E-state index contributed by atoms with van der Waals surface area (Å²) in [6, 6.07) is 8.24. The molecule has 2 N–H and O–H groups in total. The number of carbonyl (C=O) groups excluding carboxylic acids is 2. The van der Waals surface area contributed by atoms with E-state index in [1.807, 2.05) is 0 Å². The average Bonchev–Trinajstić information content (AvgIpc) is 2.77. The van der Waals surface area contributed by atoms with Crippen LogP contribution in [0, 0.1) is 0 Å². The lowest BCUT2D eigenvalue weighted by Gasteiger charge is -2.16. The molecule has 0 bridgehead atoms. The molecule has 0 aromatic heterocycles. The third kappa shape index (κ3) is 6.59. The van der Waals surface area contributed by atoms with Gasteiger partial charge in [-0.2, -0.15) is 0 Å². The Bertz CT molecular complexity index is 1100. The van der Waals surface area contributed by atoms with Gasteiger partial charge < -0.3 is 24.3 Å². The second-order valence-corrected chi connectivity index (χ2v) is 8.96. The number of benzene rings is 2. The molecule has 0 saturated carbocycles. The van der Waals surface area contributed by atoms with Gasteiger partial charge in [-0.05, 0) is 45.0 Å². The Morgan fingerprint density at radius 3 is 1.91 bits per heavy atom. The zero-order chi connectivity index (χ0) is 24.8. The van der Waals surface area contributed by atoms with Gasteiger partial charge in [0.15, 0.2) is 17.6 Å². The van der Waals surface area contributed by atoms with Crippen LogP contribution in [0.3, 0.4) is 0 Å². The molecule has 0 saturated heterocycles. The van der Waals surface area contributed by atoms with Crippen LogP contribution in [0.15, 0.2) is 41.3 Å². The number of methoxy groups -OCH3 is 3. The van der Waals surface area contributed by atoms with Gasteiger partial charge in [-0.15, -0.1) is 0 Å². The molecular weight excluding hydrogens is 452 g/mol. The molecule has 10 nitrogen and oxygen atoms in total. The van der Waals surface area contributed by atoms with Crippen molar-refractivity contribution in [1.29, 1.82) is 0 Å². The van der Waals surface area contributed by atoms with Crippen molar-refractivity contribution in [3.63, 3.8) is 0 Å². The summed E-state index contributed by atoms with van der Waals surface area (Å²) < 4.78 is 47.7. The van der Waals surface area contributed by atoms with Crippen LogP contribution in [0.2, 0.25) is 0 Å². The predicted octanol–water partition coefficient (Wildman–Crippen LogP) is 2.58. The average molecular weight is 481 g/mol. The number of nitrogens with one attached hydrogen (secondary N) is 2. The number of rotatable bonds is 10. The Kier molecular flexibility index (Phi) is 8.66. The van der Waals surface area contributed by atoms with Crippen molar-refractivity contribution >= 4 is 27.6 Å². The largest absolute Gasteiger partial charge is 0.496 e. The Balaban J connectivity index is 2.10. The highest BCUT2D eigenvalue weighted by molar-refractivity contribution is 7.89. The van der Waals surface area contributed by atoms with Crippen LogP contribution < -0.4 is 24.2 Å². The Hall–Kier alpha value is -3.31. The maximum absolute atomic E-state index is 12.7. The number of amides is 1. The van der Waals surface area contributed by atoms with Gasteiger partial charge >= 0.3 is 5.97 Å². The van der Waals surface area contributed by atoms with Crippen LogP contribution in [0.1, 0.15) is 31.1 Å². The first-order valence-electron chi connectivity index (χ1n) is 9.96. The first-order chi connectivity index (χ1) is 15.5. The fourth-order valence-electron chi connectivity index (χ4n) is 2.81. The van der Waals surface area contributed by atoms with Crippen molar-refractivity contribution in [2.24, 2.45) is 0 Å². The maximum atomic E-state index is 12.7. The molecule has 11 heteroatoms. The molecule has 2 rings (SSSR count). The van der Waals surface area contributed by atoms with Crippen molar-refractivity contribution in [1.82, 2.24) is 4.72 Å². The molecule has 2 aromatic carbocycles. The van der Waals surface area contributed by atoms with Crippen LogP contribution in [-0.4, -0.2) is 53.8 Å². The second kappa shape index (κ2) is 11.0. The normalized spacial score (nSPS) is 12.1. The highest BCUT2D eigenvalue weighted by atomic mass is 32.2.